The van der Waals surface area contributed by atoms with Crippen LogP contribution in [0.15, 0.2) is 36.9 Å². The molecular formula is C23H28F6N4O5. The van der Waals surface area contributed by atoms with Gasteiger partial charge >= 0.3 is 24.3 Å². The molecule has 1 aliphatic carbocycles. The molecule has 0 amide bonds. The van der Waals surface area contributed by atoms with Crippen molar-refractivity contribution in [2.24, 2.45) is 11.8 Å². The standard InChI is InChI=1S/C19H26N4O.2C2HF3O2/c1-2-7-21-18(6-1)14-24-13-17-10-22(9-16-4-3-5-16)12-19-8-20-15-23(19)11-17;2*3-2(4,5)1(6)7/h1-2,6-8,15-17H,3-5,9-14H2;2*(H,6,7). The molecule has 3 heterocycles. The van der Waals surface area contributed by atoms with E-state index in [0.717, 1.165) is 37.9 Å². The van der Waals surface area contributed by atoms with E-state index >= 15 is 0 Å². The number of aromatic nitrogens is 3. The number of imidazole rings is 1. The van der Waals surface area contributed by atoms with Gasteiger partial charge in [0.05, 0.1) is 30.9 Å². The van der Waals surface area contributed by atoms with Crippen LogP contribution in [-0.4, -0.2) is 73.6 Å². The Kier molecular flexibility index (Phi) is 11.5. The van der Waals surface area contributed by atoms with Gasteiger partial charge in [0.15, 0.2) is 0 Å². The van der Waals surface area contributed by atoms with E-state index in [1.165, 1.54) is 31.5 Å². The minimum atomic E-state index is -5.08. The summed E-state index contributed by atoms with van der Waals surface area (Å²) in [5.74, 6) is -4.11. The highest BCUT2D eigenvalue weighted by Crippen LogP contribution is 2.29. The van der Waals surface area contributed by atoms with Crippen LogP contribution in [0.1, 0.15) is 30.7 Å². The number of hydrogen-bond donors (Lipinski definition) is 2. The number of carboxylic acid groups (broad SMARTS) is 2. The molecule has 38 heavy (non-hydrogen) atoms. The van der Waals surface area contributed by atoms with Crippen LogP contribution in [-0.2, 0) is 34.0 Å². The lowest BCUT2D eigenvalue weighted by molar-refractivity contribution is -0.193. The molecule has 2 aromatic heterocycles. The summed E-state index contributed by atoms with van der Waals surface area (Å²) in [6.45, 7) is 5.72. The third-order valence-electron chi connectivity index (χ3n) is 5.71. The SMILES string of the molecule is O=C(O)C(F)(F)F.O=C(O)C(F)(F)F.c1ccc(COCC2CN(CC3CCC3)Cc3cncn3C2)nc1. The zero-order valence-electron chi connectivity index (χ0n) is 20.2. The number of carboxylic acids is 2. The first-order valence-electron chi connectivity index (χ1n) is 11.5. The highest BCUT2D eigenvalue weighted by Gasteiger charge is 2.38. The zero-order valence-corrected chi connectivity index (χ0v) is 20.2. The van der Waals surface area contributed by atoms with Crippen molar-refractivity contribution in [1.82, 2.24) is 19.4 Å². The Bertz CT molecular complexity index is 988. The first kappa shape index (κ1) is 31.0. The van der Waals surface area contributed by atoms with Crippen LogP contribution in [0.2, 0.25) is 0 Å². The average molecular weight is 554 g/mol. The molecule has 2 aromatic rings. The van der Waals surface area contributed by atoms with Crippen molar-refractivity contribution in [3.8, 4) is 0 Å². The summed E-state index contributed by atoms with van der Waals surface area (Å²) in [6.07, 6.45) is -0.151. The molecule has 2 N–H and O–H groups in total. The van der Waals surface area contributed by atoms with Gasteiger partial charge in [0.1, 0.15) is 0 Å². The van der Waals surface area contributed by atoms with E-state index in [4.69, 9.17) is 24.5 Å². The quantitative estimate of drug-likeness (QED) is 0.515. The Morgan fingerprint density at radius 3 is 2.13 bits per heavy atom. The fourth-order valence-electron chi connectivity index (χ4n) is 3.74. The number of alkyl halides is 6. The highest BCUT2D eigenvalue weighted by atomic mass is 19.4. The van der Waals surface area contributed by atoms with Crippen LogP contribution in [0.4, 0.5) is 26.3 Å². The first-order valence-corrected chi connectivity index (χ1v) is 11.5. The first-order chi connectivity index (χ1) is 17.8. The van der Waals surface area contributed by atoms with Gasteiger partial charge in [0.2, 0.25) is 0 Å². The van der Waals surface area contributed by atoms with E-state index in [2.05, 4.69) is 19.4 Å². The molecule has 0 saturated heterocycles. The normalized spacial score (nSPS) is 18.0. The van der Waals surface area contributed by atoms with E-state index < -0.39 is 24.3 Å². The summed E-state index contributed by atoms with van der Waals surface area (Å²) < 4.78 is 71.8. The predicted molar refractivity (Wildman–Crippen MR) is 120 cm³/mol. The zero-order chi connectivity index (χ0) is 28.3. The van der Waals surface area contributed by atoms with Gasteiger partial charge in [-0.1, -0.05) is 12.5 Å². The van der Waals surface area contributed by atoms with Crippen LogP contribution in [0.5, 0.6) is 0 Å². The number of hydrogen-bond acceptors (Lipinski definition) is 6. The molecule has 0 radical (unpaired) electrons. The van der Waals surface area contributed by atoms with Gasteiger partial charge in [-0.25, -0.2) is 14.6 Å². The summed E-state index contributed by atoms with van der Waals surface area (Å²) in [5.41, 5.74) is 2.34. The van der Waals surface area contributed by atoms with Crippen molar-refractivity contribution in [3.05, 3.63) is 48.3 Å². The molecule has 2 aliphatic rings. The Morgan fingerprint density at radius 2 is 1.63 bits per heavy atom. The van der Waals surface area contributed by atoms with E-state index in [1.807, 2.05) is 36.9 Å². The molecule has 15 heteroatoms. The number of fused-ring (bicyclic) bond motifs is 1. The van der Waals surface area contributed by atoms with Gasteiger partial charge in [-0.05, 0) is 30.9 Å². The molecule has 212 valence electrons. The topological polar surface area (TPSA) is 118 Å². The molecule has 4 rings (SSSR count). The summed E-state index contributed by atoms with van der Waals surface area (Å²) in [6, 6.07) is 5.97. The Balaban J connectivity index is 0.000000301. The van der Waals surface area contributed by atoms with Crippen LogP contribution in [0.3, 0.4) is 0 Å². The van der Waals surface area contributed by atoms with Crippen LogP contribution < -0.4 is 0 Å². The third kappa shape index (κ3) is 11.0. The molecule has 0 bridgehead atoms. The maximum atomic E-state index is 10.6. The van der Waals surface area contributed by atoms with Crippen LogP contribution in [0.25, 0.3) is 0 Å². The van der Waals surface area contributed by atoms with E-state index in [0.29, 0.717) is 12.5 Å². The number of rotatable bonds is 6. The van der Waals surface area contributed by atoms with Crippen LogP contribution in [0, 0.1) is 11.8 Å². The Morgan fingerprint density at radius 1 is 1.00 bits per heavy atom. The third-order valence-corrected chi connectivity index (χ3v) is 5.71. The molecule has 1 saturated carbocycles. The second-order valence-corrected chi connectivity index (χ2v) is 8.84. The number of pyridine rings is 1. The largest absolute Gasteiger partial charge is 0.490 e. The second kappa shape index (κ2) is 14.1. The van der Waals surface area contributed by atoms with Gasteiger partial charge < -0.3 is 19.5 Å². The predicted octanol–water partition coefficient (Wildman–Crippen LogP) is 3.99. The number of nitrogens with zero attached hydrogens (tertiary/aromatic N) is 4. The number of halogens is 6. The summed E-state index contributed by atoms with van der Waals surface area (Å²) in [7, 11) is 0. The number of ether oxygens (including phenoxy) is 1. The lowest BCUT2D eigenvalue weighted by Crippen LogP contribution is -2.36. The fourth-order valence-corrected chi connectivity index (χ4v) is 3.74. The second-order valence-electron chi connectivity index (χ2n) is 8.84. The van der Waals surface area contributed by atoms with E-state index in [-0.39, 0.29) is 0 Å². The Hall–Kier alpha value is -3.20. The monoisotopic (exact) mass is 554 g/mol. The van der Waals surface area contributed by atoms with Gasteiger partial charge in [0.25, 0.3) is 0 Å². The molecular weight excluding hydrogens is 526 g/mol. The molecule has 0 aromatic carbocycles. The summed E-state index contributed by atoms with van der Waals surface area (Å²) in [5, 5.41) is 14.2. The van der Waals surface area contributed by atoms with Crippen molar-refractivity contribution in [3.63, 3.8) is 0 Å². The summed E-state index contributed by atoms with van der Waals surface area (Å²) in [4.78, 5) is 29.1. The van der Waals surface area contributed by atoms with Gasteiger partial charge in [-0.3, -0.25) is 9.88 Å². The van der Waals surface area contributed by atoms with Crippen molar-refractivity contribution in [1.29, 1.82) is 0 Å². The molecule has 0 spiro atoms. The van der Waals surface area contributed by atoms with Crippen molar-refractivity contribution in [2.75, 3.05) is 19.7 Å². The van der Waals surface area contributed by atoms with Gasteiger partial charge in [0, 0.05) is 44.5 Å². The minimum Gasteiger partial charge on any atom is -0.475 e. The Labute approximate surface area is 214 Å². The van der Waals surface area contributed by atoms with Crippen molar-refractivity contribution in [2.45, 2.75) is 51.3 Å². The minimum absolute atomic E-state index is 0.504. The van der Waals surface area contributed by atoms with E-state index in [1.54, 1.807) is 0 Å². The van der Waals surface area contributed by atoms with Gasteiger partial charge in [-0.15, -0.1) is 0 Å². The molecule has 9 nitrogen and oxygen atoms in total. The molecule has 1 atom stereocenters. The maximum Gasteiger partial charge on any atom is 0.490 e. The molecule has 1 fully saturated rings. The van der Waals surface area contributed by atoms with Crippen molar-refractivity contribution >= 4 is 11.9 Å². The smallest absolute Gasteiger partial charge is 0.475 e. The summed E-state index contributed by atoms with van der Waals surface area (Å²) >= 11 is 0. The average Bonchev–Trinajstić information content (AvgIpc) is 3.15. The van der Waals surface area contributed by atoms with Crippen molar-refractivity contribution < 1.29 is 50.9 Å². The number of aliphatic carboxylic acids is 2. The maximum absolute atomic E-state index is 10.6. The van der Waals surface area contributed by atoms with Crippen LogP contribution >= 0.6 is 0 Å². The fraction of sp³-hybridized carbons (Fsp3) is 0.565. The highest BCUT2D eigenvalue weighted by molar-refractivity contribution is 5.73. The molecule has 1 unspecified atom stereocenters. The lowest BCUT2D eigenvalue weighted by Gasteiger charge is -2.32. The molecule has 1 aliphatic heterocycles. The number of carbonyl (C=O) groups is 2. The lowest BCUT2D eigenvalue weighted by atomic mass is 9.85. The van der Waals surface area contributed by atoms with Gasteiger partial charge in [-0.2, -0.15) is 26.3 Å². The van der Waals surface area contributed by atoms with E-state index in [9.17, 15) is 26.3 Å².